The van der Waals surface area contributed by atoms with Crippen LogP contribution in [0.25, 0.3) is 0 Å². The van der Waals surface area contributed by atoms with Gasteiger partial charge in [-0.15, -0.1) is 0 Å². The first-order valence-electron chi connectivity index (χ1n) is 6.51. The summed E-state index contributed by atoms with van der Waals surface area (Å²) in [5.74, 6) is -2.39. The Morgan fingerprint density at radius 2 is 2.15 bits per heavy atom. The van der Waals surface area contributed by atoms with Crippen LogP contribution in [0, 0.1) is 11.6 Å². The molecule has 0 aliphatic carbocycles. The Morgan fingerprint density at radius 1 is 1.30 bits per heavy atom. The summed E-state index contributed by atoms with van der Waals surface area (Å²) < 4.78 is 42.8. The standard InChI is InChI=1S/C14H16F2O4/c15-11-5-4-10(9-17)13(16)14(11)20-8-7-19-12-3-1-2-6-18-12/h4-5,9,12H,1-3,6-8H2. The molecule has 1 atom stereocenters. The van der Waals surface area contributed by atoms with Gasteiger partial charge in [-0.05, 0) is 31.4 Å². The van der Waals surface area contributed by atoms with Crippen molar-refractivity contribution in [3.05, 3.63) is 29.3 Å². The summed E-state index contributed by atoms with van der Waals surface area (Å²) in [4.78, 5) is 10.6. The van der Waals surface area contributed by atoms with Gasteiger partial charge in [-0.3, -0.25) is 4.79 Å². The average Bonchev–Trinajstić information content (AvgIpc) is 2.47. The lowest BCUT2D eigenvalue weighted by Gasteiger charge is -2.22. The third kappa shape index (κ3) is 3.74. The summed E-state index contributed by atoms with van der Waals surface area (Å²) in [5, 5.41) is 0. The molecule has 1 aromatic rings. The highest BCUT2D eigenvalue weighted by Gasteiger charge is 2.16. The summed E-state index contributed by atoms with van der Waals surface area (Å²) in [5.41, 5.74) is -0.238. The van der Waals surface area contributed by atoms with E-state index in [2.05, 4.69) is 0 Å². The Balaban J connectivity index is 1.83. The van der Waals surface area contributed by atoms with Crippen LogP contribution in [0.1, 0.15) is 29.6 Å². The lowest BCUT2D eigenvalue weighted by Crippen LogP contribution is -2.24. The van der Waals surface area contributed by atoms with Crippen LogP contribution in [0.4, 0.5) is 8.78 Å². The molecule has 110 valence electrons. The number of carbonyl (C=O) groups excluding carboxylic acids is 1. The zero-order valence-corrected chi connectivity index (χ0v) is 10.9. The van der Waals surface area contributed by atoms with Gasteiger partial charge in [-0.2, -0.15) is 0 Å². The number of carbonyl (C=O) groups is 1. The first-order chi connectivity index (χ1) is 9.72. The first kappa shape index (κ1) is 14.9. The van der Waals surface area contributed by atoms with Crippen LogP contribution in [0.3, 0.4) is 0 Å². The van der Waals surface area contributed by atoms with Crippen molar-refractivity contribution in [1.29, 1.82) is 0 Å². The van der Waals surface area contributed by atoms with Gasteiger partial charge in [0.2, 0.25) is 0 Å². The predicted octanol–water partition coefficient (Wildman–Crippen LogP) is 2.70. The SMILES string of the molecule is O=Cc1ccc(F)c(OCCOC2CCCCO2)c1F. The molecule has 0 N–H and O–H groups in total. The van der Waals surface area contributed by atoms with Gasteiger partial charge in [-0.25, -0.2) is 8.78 Å². The van der Waals surface area contributed by atoms with Gasteiger partial charge in [0.15, 0.2) is 30.0 Å². The van der Waals surface area contributed by atoms with E-state index in [9.17, 15) is 13.6 Å². The molecule has 1 fully saturated rings. The third-order valence-electron chi connectivity index (χ3n) is 2.98. The molecule has 1 aromatic carbocycles. The molecule has 6 heteroatoms. The number of hydrogen-bond donors (Lipinski definition) is 0. The minimum Gasteiger partial charge on any atom is -0.485 e. The van der Waals surface area contributed by atoms with Crippen LogP contribution in [0.15, 0.2) is 12.1 Å². The van der Waals surface area contributed by atoms with Crippen molar-refractivity contribution in [3.8, 4) is 5.75 Å². The molecule has 4 nitrogen and oxygen atoms in total. The maximum atomic E-state index is 13.7. The molecular formula is C14H16F2O4. The normalized spacial score (nSPS) is 18.8. The molecule has 0 radical (unpaired) electrons. The van der Waals surface area contributed by atoms with E-state index in [4.69, 9.17) is 14.2 Å². The lowest BCUT2D eigenvalue weighted by molar-refractivity contribution is -0.165. The first-order valence-corrected chi connectivity index (χ1v) is 6.51. The summed E-state index contributed by atoms with van der Waals surface area (Å²) >= 11 is 0. The van der Waals surface area contributed by atoms with Crippen molar-refractivity contribution in [2.24, 2.45) is 0 Å². The molecule has 0 amide bonds. The number of aldehydes is 1. The fraction of sp³-hybridized carbons (Fsp3) is 0.500. The van der Waals surface area contributed by atoms with E-state index in [0.717, 1.165) is 31.4 Å². The number of rotatable bonds is 6. The Labute approximate surface area is 115 Å². The van der Waals surface area contributed by atoms with Crippen LogP contribution in [0.2, 0.25) is 0 Å². The number of ether oxygens (including phenoxy) is 3. The molecule has 20 heavy (non-hydrogen) atoms. The molecule has 1 aliphatic rings. The van der Waals surface area contributed by atoms with Crippen molar-refractivity contribution in [2.45, 2.75) is 25.6 Å². The van der Waals surface area contributed by atoms with E-state index in [-0.39, 0.29) is 25.1 Å². The second-order valence-electron chi connectivity index (χ2n) is 4.41. The zero-order chi connectivity index (χ0) is 14.4. The highest BCUT2D eigenvalue weighted by molar-refractivity contribution is 5.76. The average molecular weight is 286 g/mol. The monoisotopic (exact) mass is 286 g/mol. The van der Waals surface area contributed by atoms with Crippen LogP contribution >= 0.6 is 0 Å². The second kappa shape index (κ2) is 7.31. The molecular weight excluding hydrogens is 270 g/mol. The minimum absolute atomic E-state index is 0.0178. The predicted molar refractivity (Wildman–Crippen MR) is 66.8 cm³/mol. The Bertz CT molecular complexity index is 459. The molecule has 0 bridgehead atoms. The van der Waals surface area contributed by atoms with E-state index in [0.29, 0.717) is 12.9 Å². The van der Waals surface area contributed by atoms with Crippen LogP contribution in [0.5, 0.6) is 5.75 Å². The van der Waals surface area contributed by atoms with Crippen molar-refractivity contribution in [3.63, 3.8) is 0 Å². The summed E-state index contributed by atoms with van der Waals surface area (Å²) in [6.45, 7) is 0.807. The maximum absolute atomic E-state index is 13.7. The molecule has 0 aromatic heterocycles. The fourth-order valence-corrected chi connectivity index (χ4v) is 1.94. The second-order valence-corrected chi connectivity index (χ2v) is 4.41. The number of benzene rings is 1. The molecule has 0 saturated carbocycles. The van der Waals surface area contributed by atoms with Gasteiger partial charge >= 0.3 is 0 Å². The van der Waals surface area contributed by atoms with Gasteiger partial charge < -0.3 is 14.2 Å². The van der Waals surface area contributed by atoms with Crippen LogP contribution in [-0.2, 0) is 9.47 Å². The molecule has 1 heterocycles. The quantitative estimate of drug-likeness (QED) is 0.596. The topological polar surface area (TPSA) is 44.8 Å². The van der Waals surface area contributed by atoms with E-state index < -0.39 is 17.4 Å². The lowest BCUT2D eigenvalue weighted by atomic mass is 10.2. The zero-order valence-electron chi connectivity index (χ0n) is 10.9. The van der Waals surface area contributed by atoms with Gasteiger partial charge in [0.25, 0.3) is 0 Å². The largest absolute Gasteiger partial charge is 0.485 e. The van der Waals surface area contributed by atoms with Gasteiger partial charge in [0, 0.05) is 6.61 Å². The van der Waals surface area contributed by atoms with Crippen molar-refractivity contribution < 1.29 is 27.8 Å². The maximum Gasteiger partial charge on any atom is 0.191 e. The summed E-state index contributed by atoms with van der Waals surface area (Å²) in [7, 11) is 0. The summed E-state index contributed by atoms with van der Waals surface area (Å²) in [6.07, 6.45) is 2.90. The van der Waals surface area contributed by atoms with Crippen LogP contribution in [-0.4, -0.2) is 32.4 Å². The van der Waals surface area contributed by atoms with E-state index >= 15 is 0 Å². The Morgan fingerprint density at radius 3 is 2.85 bits per heavy atom. The van der Waals surface area contributed by atoms with Gasteiger partial charge in [0.05, 0.1) is 12.2 Å². The van der Waals surface area contributed by atoms with E-state index in [1.165, 1.54) is 0 Å². The molecule has 2 rings (SSSR count). The van der Waals surface area contributed by atoms with Crippen LogP contribution < -0.4 is 4.74 Å². The number of halogens is 2. The fourth-order valence-electron chi connectivity index (χ4n) is 1.94. The van der Waals surface area contributed by atoms with Crippen molar-refractivity contribution >= 4 is 6.29 Å². The van der Waals surface area contributed by atoms with Crippen molar-refractivity contribution in [1.82, 2.24) is 0 Å². The highest BCUT2D eigenvalue weighted by atomic mass is 19.1. The Hall–Kier alpha value is -1.53. The van der Waals surface area contributed by atoms with Crippen molar-refractivity contribution in [2.75, 3.05) is 19.8 Å². The van der Waals surface area contributed by atoms with Gasteiger partial charge in [-0.1, -0.05) is 0 Å². The van der Waals surface area contributed by atoms with Gasteiger partial charge in [0.1, 0.15) is 6.61 Å². The molecule has 1 saturated heterocycles. The number of hydrogen-bond acceptors (Lipinski definition) is 4. The molecule has 1 unspecified atom stereocenters. The molecule has 0 spiro atoms. The molecule has 1 aliphatic heterocycles. The Kier molecular flexibility index (Phi) is 5.43. The smallest absolute Gasteiger partial charge is 0.191 e. The minimum atomic E-state index is -0.992. The van der Waals surface area contributed by atoms with E-state index in [1.54, 1.807) is 0 Å². The highest BCUT2D eigenvalue weighted by Crippen LogP contribution is 2.23. The summed E-state index contributed by atoms with van der Waals surface area (Å²) in [6, 6.07) is 2.06. The van der Waals surface area contributed by atoms with E-state index in [1.807, 2.05) is 0 Å². The third-order valence-corrected chi connectivity index (χ3v) is 2.98.